The minimum atomic E-state index is 0.870. The number of thiophene rings is 1. The molecular weight excluding hydrogens is 424 g/mol. The lowest BCUT2D eigenvalue weighted by atomic mass is 10.1. The van der Waals surface area contributed by atoms with E-state index in [1.54, 1.807) is 23.7 Å². The second kappa shape index (κ2) is 8.52. The van der Waals surface area contributed by atoms with Crippen molar-refractivity contribution >= 4 is 45.5 Å². The molecule has 0 aliphatic heterocycles. The van der Waals surface area contributed by atoms with E-state index < -0.39 is 0 Å². The maximum atomic E-state index is 4.65. The van der Waals surface area contributed by atoms with Crippen LogP contribution >= 0.6 is 11.3 Å². The fraction of sp³-hybridized carbons (Fsp3) is 0.0714. The number of H-pyrrole nitrogens is 2. The van der Waals surface area contributed by atoms with Crippen LogP contribution in [0.25, 0.3) is 56.0 Å². The van der Waals surface area contributed by atoms with Crippen molar-refractivity contribution in [1.29, 1.82) is 0 Å². The molecule has 4 aromatic heterocycles. The van der Waals surface area contributed by atoms with Crippen molar-refractivity contribution < 1.29 is 0 Å². The third-order valence-corrected chi connectivity index (χ3v) is 6.98. The van der Waals surface area contributed by atoms with Gasteiger partial charge in [0.2, 0.25) is 0 Å². The topological polar surface area (TPSA) is 57.4 Å². The Balaban J connectivity index is 1.65. The van der Waals surface area contributed by atoms with Crippen molar-refractivity contribution in [3.8, 4) is 21.8 Å². The van der Waals surface area contributed by atoms with Crippen LogP contribution in [0.4, 0.5) is 0 Å². The minimum Gasteiger partial charge on any atom is -0.353 e. The van der Waals surface area contributed by atoms with Gasteiger partial charge in [-0.15, -0.1) is 11.3 Å². The number of hydrogen-bond donors (Lipinski definition) is 2. The Labute approximate surface area is 196 Å². The lowest BCUT2D eigenvalue weighted by Crippen LogP contribution is -2.23. The van der Waals surface area contributed by atoms with Crippen LogP contribution in [0.3, 0.4) is 0 Å². The summed E-state index contributed by atoms with van der Waals surface area (Å²) >= 11 is 1.77. The third-order valence-electron chi connectivity index (χ3n) is 5.70. The van der Waals surface area contributed by atoms with Gasteiger partial charge >= 0.3 is 0 Å². The molecule has 0 bridgehead atoms. The first-order valence-corrected chi connectivity index (χ1v) is 11.6. The number of benzene rings is 1. The highest BCUT2D eigenvalue weighted by Gasteiger charge is 2.13. The van der Waals surface area contributed by atoms with Crippen LogP contribution in [0.1, 0.15) is 24.3 Å². The van der Waals surface area contributed by atoms with Gasteiger partial charge in [0, 0.05) is 43.8 Å². The van der Waals surface area contributed by atoms with Crippen LogP contribution in [0.2, 0.25) is 0 Å². The molecule has 162 valence electrons. The summed E-state index contributed by atoms with van der Waals surface area (Å²) in [4.78, 5) is 10.1. The van der Waals surface area contributed by atoms with E-state index in [0.717, 1.165) is 44.2 Å². The largest absolute Gasteiger partial charge is 0.353 e. The molecule has 0 fully saturated rings. The van der Waals surface area contributed by atoms with Gasteiger partial charge in [-0.1, -0.05) is 31.4 Å². The summed E-state index contributed by atoms with van der Waals surface area (Å²) in [6.45, 7) is 12.4. The zero-order valence-corrected chi connectivity index (χ0v) is 19.5. The van der Waals surface area contributed by atoms with Gasteiger partial charge in [-0.2, -0.15) is 5.10 Å². The number of nitrogens with zero attached hydrogens (tertiary/aromatic N) is 2. The first kappa shape index (κ1) is 20.9. The first-order chi connectivity index (χ1) is 16.0. The molecule has 5 aromatic rings. The number of fused-ring (bicyclic) bond motifs is 1. The zero-order chi connectivity index (χ0) is 22.9. The number of hydrogen-bond acceptors (Lipinski definition) is 3. The van der Waals surface area contributed by atoms with E-state index in [9.17, 15) is 0 Å². The minimum absolute atomic E-state index is 0.870. The summed E-state index contributed by atoms with van der Waals surface area (Å²) in [6, 6.07) is 16.8. The van der Waals surface area contributed by atoms with E-state index in [2.05, 4.69) is 75.8 Å². The maximum Gasteiger partial charge on any atom is 0.116 e. The SMILES string of the molecule is C=C(/C=c1/c(-c2cc3c(-c4ccc(C(=C)C)s4)cccc3[nH]2)n[nH]/c1=C/C)c1ccncc1. The predicted octanol–water partition coefficient (Wildman–Crippen LogP) is 6.01. The Kier molecular flexibility index (Phi) is 5.40. The van der Waals surface area contributed by atoms with Crippen LogP contribution < -0.4 is 10.6 Å². The summed E-state index contributed by atoms with van der Waals surface area (Å²) < 4.78 is 0. The first-order valence-electron chi connectivity index (χ1n) is 10.7. The summed E-state index contributed by atoms with van der Waals surface area (Å²) in [6.07, 6.45) is 7.66. The molecule has 4 nitrogen and oxygen atoms in total. The average molecular weight is 449 g/mol. The van der Waals surface area contributed by atoms with Crippen LogP contribution in [0.15, 0.2) is 74.1 Å². The molecule has 0 saturated heterocycles. The maximum absolute atomic E-state index is 4.65. The quantitative estimate of drug-likeness (QED) is 0.346. The number of aromatic nitrogens is 4. The standard InChI is InChI=1S/C28H24N4S/c1-5-23-22(15-18(4)19-11-13-29-14-12-19)28(32-31-23)25-16-21-20(7-6-8-24(21)30-25)27-10-9-26(33-27)17(2)3/h5-16,30-31H,2,4H2,1,3H3/b22-15+,23-5+. The van der Waals surface area contributed by atoms with Crippen molar-refractivity contribution in [2.24, 2.45) is 0 Å². The number of allylic oxidation sites excluding steroid dienone is 2. The molecule has 0 aliphatic carbocycles. The van der Waals surface area contributed by atoms with Gasteiger partial charge in [0.25, 0.3) is 0 Å². The second-order valence-electron chi connectivity index (χ2n) is 7.99. The normalized spacial score (nSPS) is 12.5. The molecule has 0 unspecified atom stereocenters. The molecular formula is C28H24N4S. The summed E-state index contributed by atoms with van der Waals surface area (Å²) in [5.74, 6) is 0. The Morgan fingerprint density at radius 2 is 1.88 bits per heavy atom. The number of rotatable bonds is 5. The van der Waals surface area contributed by atoms with Gasteiger partial charge in [-0.25, -0.2) is 0 Å². The fourth-order valence-electron chi connectivity index (χ4n) is 3.97. The predicted molar refractivity (Wildman–Crippen MR) is 141 cm³/mol. The molecule has 0 amide bonds. The summed E-state index contributed by atoms with van der Waals surface area (Å²) in [7, 11) is 0. The van der Waals surface area contributed by atoms with Gasteiger partial charge in [-0.05, 0) is 73.0 Å². The van der Waals surface area contributed by atoms with E-state index in [-0.39, 0.29) is 0 Å². The lowest BCUT2D eigenvalue weighted by Gasteiger charge is -1.99. The van der Waals surface area contributed by atoms with Crippen molar-refractivity contribution in [2.75, 3.05) is 0 Å². The Bertz CT molecular complexity index is 1610. The van der Waals surface area contributed by atoms with E-state index >= 15 is 0 Å². The molecule has 1 aromatic carbocycles. The number of aromatic amines is 2. The summed E-state index contributed by atoms with van der Waals surface area (Å²) in [5.41, 5.74) is 7.15. The van der Waals surface area contributed by atoms with Crippen molar-refractivity contribution in [3.63, 3.8) is 0 Å². The Morgan fingerprint density at radius 1 is 1.06 bits per heavy atom. The molecule has 5 heteroatoms. The molecule has 0 radical (unpaired) electrons. The van der Waals surface area contributed by atoms with E-state index in [1.165, 1.54) is 20.7 Å². The highest BCUT2D eigenvalue weighted by molar-refractivity contribution is 7.16. The highest BCUT2D eigenvalue weighted by atomic mass is 32.1. The monoisotopic (exact) mass is 448 g/mol. The van der Waals surface area contributed by atoms with Crippen LogP contribution in [-0.2, 0) is 0 Å². The Hall–Kier alpha value is -3.96. The lowest BCUT2D eigenvalue weighted by molar-refractivity contribution is 1.06. The molecule has 0 spiro atoms. The van der Waals surface area contributed by atoms with Gasteiger partial charge in [0.15, 0.2) is 0 Å². The van der Waals surface area contributed by atoms with Gasteiger partial charge in [-0.3, -0.25) is 10.1 Å². The molecule has 5 rings (SSSR count). The summed E-state index contributed by atoms with van der Waals surface area (Å²) in [5, 5.41) is 11.0. The van der Waals surface area contributed by atoms with Crippen LogP contribution in [0.5, 0.6) is 0 Å². The molecule has 0 atom stereocenters. The smallest absolute Gasteiger partial charge is 0.116 e. The molecule has 33 heavy (non-hydrogen) atoms. The second-order valence-corrected chi connectivity index (χ2v) is 9.07. The van der Waals surface area contributed by atoms with Crippen molar-refractivity contribution in [3.05, 3.63) is 95.1 Å². The highest BCUT2D eigenvalue weighted by Crippen LogP contribution is 2.36. The molecule has 2 N–H and O–H groups in total. The number of pyridine rings is 1. The Morgan fingerprint density at radius 3 is 2.61 bits per heavy atom. The van der Waals surface area contributed by atoms with Gasteiger partial charge in [0.05, 0.1) is 11.0 Å². The molecule has 0 saturated carbocycles. The van der Waals surface area contributed by atoms with Crippen molar-refractivity contribution in [2.45, 2.75) is 13.8 Å². The fourth-order valence-corrected chi connectivity index (χ4v) is 4.94. The van der Waals surface area contributed by atoms with Gasteiger partial charge in [0.1, 0.15) is 5.69 Å². The molecule has 4 heterocycles. The van der Waals surface area contributed by atoms with Crippen LogP contribution in [0, 0.1) is 0 Å². The van der Waals surface area contributed by atoms with Gasteiger partial charge < -0.3 is 4.98 Å². The number of nitrogens with one attached hydrogen (secondary N) is 2. The van der Waals surface area contributed by atoms with E-state index in [1.807, 2.05) is 32.1 Å². The zero-order valence-electron chi connectivity index (χ0n) is 18.6. The van der Waals surface area contributed by atoms with E-state index in [0.29, 0.717) is 0 Å². The molecule has 0 aliphatic rings. The van der Waals surface area contributed by atoms with Crippen molar-refractivity contribution in [1.82, 2.24) is 20.2 Å². The third kappa shape index (κ3) is 3.88. The average Bonchev–Trinajstić information content (AvgIpc) is 3.57. The van der Waals surface area contributed by atoms with Crippen LogP contribution in [-0.4, -0.2) is 20.2 Å². The van der Waals surface area contributed by atoms with E-state index in [4.69, 9.17) is 0 Å².